The molecule has 0 unspecified atom stereocenters. The topological polar surface area (TPSA) is 58.6 Å². The molecule has 0 radical (unpaired) electrons. The number of benzene rings is 2. The third-order valence-electron chi connectivity index (χ3n) is 3.97. The minimum Gasteiger partial charge on any atom is -0.497 e. The molecule has 0 aromatic heterocycles. The SMILES string of the molecule is COc1cccc(NC(=O)[C@@H]2CC(=O)N(c3ccc(Br)cc3)C2)c1. The van der Waals surface area contributed by atoms with Crippen molar-refractivity contribution in [3.8, 4) is 5.75 Å². The number of rotatable bonds is 4. The molecular weight excluding hydrogens is 372 g/mol. The first-order chi connectivity index (χ1) is 11.6. The molecule has 1 atom stereocenters. The summed E-state index contributed by atoms with van der Waals surface area (Å²) < 4.78 is 6.10. The van der Waals surface area contributed by atoms with Crippen LogP contribution in [-0.4, -0.2) is 25.5 Å². The van der Waals surface area contributed by atoms with Crippen LogP contribution in [0.1, 0.15) is 6.42 Å². The summed E-state index contributed by atoms with van der Waals surface area (Å²) in [6.07, 6.45) is 0.214. The molecule has 0 spiro atoms. The molecule has 24 heavy (non-hydrogen) atoms. The van der Waals surface area contributed by atoms with E-state index in [0.29, 0.717) is 18.0 Å². The maximum atomic E-state index is 12.5. The van der Waals surface area contributed by atoms with E-state index in [1.165, 1.54) is 0 Å². The fourth-order valence-electron chi connectivity index (χ4n) is 2.70. The smallest absolute Gasteiger partial charge is 0.229 e. The molecule has 5 nitrogen and oxygen atoms in total. The summed E-state index contributed by atoms with van der Waals surface area (Å²) in [4.78, 5) is 26.3. The molecule has 2 aromatic carbocycles. The first kappa shape index (κ1) is 16.5. The number of nitrogens with zero attached hydrogens (tertiary/aromatic N) is 1. The fourth-order valence-corrected chi connectivity index (χ4v) is 2.96. The molecule has 3 rings (SSSR count). The maximum absolute atomic E-state index is 12.5. The van der Waals surface area contributed by atoms with Gasteiger partial charge in [0, 0.05) is 34.9 Å². The Kier molecular flexibility index (Phi) is 4.85. The van der Waals surface area contributed by atoms with E-state index in [2.05, 4.69) is 21.2 Å². The Morgan fingerprint density at radius 2 is 2.00 bits per heavy atom. The highest BCUT2D eigenvalue weighted by molar-refractivity contribution is 9.10. The summed E-state index contributed by atoms with van der Waals surface area (Å²) in [6.45, 7) is 0.385. The molecule has 1 aliphatic rings. The largest absolute Gasteiger partial charge is 0.497 e. The van der Waals surface area contributed by atoms with Crippen LogP contribution in [0.15, 0.2) is 53.0 Å². The second-order valence-corrected chi connectivity index (χ2v) is 6.52. The van der Waals surface area contributed by atoms with Crippen LogP contribution >= 0.6 is 15.9 Å². The zero-order chi connectivity index (χ0) is 17.1. The molecule has 0 saturated carbocycles. The summed E-state index contributed by atoms with van der Waals surface area (Å²) >= 11 is 3.38. The molecular formula is C18H17BrN2O3. The molecule has 124 valence electrons. The summed E-state index contributed by atoms with van der Waals surface area (Å²) in [5.74, 6) is 0.110. The van der Waals surface area contributed by atoms with Crippen LogP contribution in [-0.2, 0) is 9.59 Å². The maximum Gasteiger partial charge on any atom is 0.229 e. The van der Waals surface area contributed by atoms with Crippen molar-refractivity contribution >= 4 is 39.1 Å². The van der Waals surface area contributed by atoms with E-state index in [0.717, 1.165) is 10.2 Å². The van der Waals surface area contributed by atoms with E-state index in [4.69, 9.17) is 4.74 Å². The van der Waals surface area contributed by atoms with Gasteiger partial charge in [0.25, 0.3) is 0 Å². The number of methoxy groups -OCH3 is 1. The predicted octanol–water partition coefficient (Wildman–Crippen LogP) is 3.45. The quantitative estimate of drug-likeness (QED) is 0.872. The van der Waals surface area contributed by atoms with E-state index in [-0.39, 0.29) is 24.2 Å². The normalized spacial score (nSPS) is 17.0. The van der Waals surface area contributed by atoms with Crippen molar-refractivity contribution in [2.75, 3.05) is 23.9 Å². The van der Waals surface area contributed by atoms with Crippen molar-refractivity contribution in [1.82, 2.24) is 0 Å². The van der Waals surface area contributed by atoms with Crippen LogP contribution in [0.4, 0.5) is 11.4 Å². The molecule has 1 heterocycles. The van der Waals surface area contributed by atoms with Crippen LogP contribution in [0.25, 0.3) is 0 Å². The van der Waals surface area contributed by atoms with Gasteiger partial charge >= 0.3 is 0 Å². The highest BCUT2D eigenvalue weighted by atomic mass is 79.9. The summed E-state index contributed by atoms with van der Waals surface area (Å²) in [7, 11) is 1.58. The van der Waals surface area contributed by atoms with E-state index in [1.54, 1.807) is 24.1 Å². The van der Waals surface area contributed by atoms with Gasteiger partial charge in [0.15, 0.2) is 0 Å². The molecule has 0 aliphatic carbocycles. The van der Waals surface area contributed by atoms with Gasteiger partial charge in [-0.1, -0.05) is 22.0 Å². The second kappa shape index (κ2) is 7.05. The highest BCUT2D eigenvalue weighted by Crippen LogP contribution is 2.27. The lowest BCUT2D eigenvalue weighted by molar-refractivity contribution is -0.122. The highest BCUT2D eigenvalue weighted by Gasteiger charge is 2.35. The van der Waals surface area contributed by atoms with Gasteiger partial charge in [-0.3, -0.25) is 9.59 Å². The first-order valence-corrected chi connectivity index (χ1v) is 8.37. The zero-order valence-electron chi connectivity index (χ0n) is 13.2. The lowest BCUT2D eigenvalue weighted by Crippen LogP contribution is -2.28. The Balaban J connectivity index is 1.68. The van der Waals surface area contributed by atoms with Crippen molar-refractivity contribution in [3.05, 3.63) is 53.0 Å². The number of nitrogens with one attached hydrogen (secondary N) is 1. The van der Waals surface area contributed by atoms with Crippen molar-refractivity contribution in [1.29, 1.82) is 0 Å². The number of anilines is 2. The van der Waals surface area contributed by atoms with Gasteiger partial charge < -0.3 is 15.0 Å². The number of amides is 2. The minimum atomic E-state index is -0.368. The Labute approximate surface area is 148 Å². The van der Waals surface area contributed by atoms with E-state index >= 15 is 0 Å². The van der Waals surface area contributed by atoms with Crippen LogP contribution in [0.3, 0.4) is 0 Å². The van der Waals surface area contributed by atoms with Gasteiger partial charge in [0.2, 0.25) is 11.8 Å². The molecule has 6 heteroatoms. The van der Waals surface area contributed by atoms with Gasteiger partial charge in [0.05, 0.1) is 13.0 Å². The minimum absolute atomic E-state index is 0.0388. The average molecular weight is 389 g/mol. The fraction of sp³-hybridized carbons (Fsp3) is 0.222. The summed E-state index contributed by atoms with van der Waals surface area (Å²) in [5.41, 5.74) is 1.47. The number of halogens is 1. The van der Waals surface area contributed by atoms with Gasteiger partial charge in [-0.2, -0.15) is 0 Å². The Bertz CT molecular complexity index is 761. The molecule has 0 bridgehead atoms. The van der Waals surface area contributed by atoms with Crippen LogP contribution in [0.2, 0.25) is 0 Å². The van der Waals surface area contributed by atoms with Crippen LogP contribution in [0.5, 0.6) is 5.75 Å². The first-order valence-electron chi connectivity index (χ1n) is 7.57. The van der Waals surface area contributed by atoms with Gasteiger partial charge in [-0.25, -0.2) is 0 Å². The second-order valence-electron chi connectivity index (χ2n) is 5.60. The standard InChI is InChI=1S/C18H17BrN2O3/c1-24-16-4-2-3-14(10-16)20-18(23)12-9-17(22)21(11-12)15-7-5-13(19)6-8-15/h2-8,10,12H,9,11H2,1H3,(H,20,23)/t12-/m1/s1. The predicted molar refractivity (Wildman–Crippen MR) is 96.2 cm³/mol. The Hall–Kier alpha value is -2.34. The molecule has 1 N–H and O–H groups in total. The molecule has 1 aliphatic heterocycles. The van der Waals surface area contributed by atoms with Crippen molar-refractivity contribution in [2.45, 2.75) is 6.42 Å². The summed E-state index contributed by atoms with van der Waals surface area (Å²) in [5, 5.41) is 2.85. The molecule has 2 amide bonds. The van der Waals surface area contributed by atoms with Crippen molar-refractivity contribution in [2.24, 2.45) is 5.92 Å². The number of carbonyl (C=O) groups excluding carboxylic acids is 2. The van der Waals surface area contributed by atoms with E-state index < -0.39 is 0 Å². The summed E-state index contributed by atoms with van der Waals surface area (Å²) in [6, 6.07) is 14.7. The Morgan fingerprint density at radius 3 is 2.71 bits per heavy atom. The van der Waals surface area contributed by atoms with Gasteiger partial charge in [0.1, 0.15) is 5.75 Å². The average Bonchev–Trinajstić information content (AvgIpc) is 2.98. The lowest BCUT2D eigenvalue weighted by Gasteiger charge is -2.17. The molecule has 2 aromatic rings. The lowest BCUT2D eigenvalue weighted by atomic mass is 10.1. The third-order valence-corrected chi connectivity index (χ3v) is 4.50. The monoisotopic (exact) mass is 388 g/mol. The zero-order valence-corrected chi connectivity index (χ0v) is 14.7. The molecule has 1 saturated heterocycles. The number of ether oxygens (including phenoxy) is 1. The number of hydrogen-bond acceptors (Lipinski definition) is 3. The van der Waals surface area contributed by atoms with Crippen molar-refractivity contribution < 1.29 is 14.3 Å². The number of hydrogen-bond donors (Lipinski definition) is 1. The number of carbonyl (C=O) groups is 2. The Morgan fingerprint density at radius 1 is 1.25 bits per heavy atom. The van der Waals surface area contributed by atoms with Gasteiger partial charge in [-0.05, 0) is 36.4 Å². The van der Waals surface area contributed by atoms with Crippen LogP contribution in [0, 0.1) is 5.92 Å². The molecule has 1 fully saturated rings. The third kappa shape index (κ3) is 3.59. The van der Waals surface area contributed by atoms with E-state index in [1.807, 2.05) is 36.4 Å². The van der Waals surface area contributed by atoms with Crippen LogP contribution < -0.4 is 15.0 Å². The van der Waals surface area contributed by atoms with Gasteiger partial charge in [-0.15, -0.1) is 0 Å². The van der Waals surface area contributed by atoms with E-state index in [9.17, 15) is 9.59 Å². The van der Waals surface area contributed by atoms with Crippen molar-refractivity contribution in [3.63, 3.8) is 0 Å².